The monoisotopic (exact) mass is 462 g/mol. The van der Waals surface area contributed by atoms with E-state index in [1.54, 1.807) is 65.5 Å². The molecule has 0 bridgehead atoms. The van der Waals surface area contributed by atoms with Crippen LogP contribution in [0.4, 0.5) is 5.69 Å². The highest BCUT2D eigenvalue weighted by molar-refractivity contribution is 7.89. The molecule has 0 spiro atoms. The first-order chi connectivity index (χ1) is 14.7. The fourth-order valence-corrected chi connectivity index (χ4v) is 5.86. The van der Waals surface area contributed by atoms with E-state index in [2.05, 4.69) is 0 Å². The van der Waals surface area contributed by atoms with Crippen LogP contribution in [0.2, 0.25) is 5.02 Å². The smallest absolute Gasteiger partial charge is 0.270 e. The summed E-state index contributed by atoms with van der Waals surface area (Å²) in [7, 11) is -3.50. The van der Waals surface area contributed by atoms with E-state index in [9.17, 15) is 13.2 Å². The molecule has 0 unspecified atom stereocenters. The maximum atomic E-state index is 13.3. The molecular formula is C23H27ClN2O4S. The lowest BCUT2D eigenvalue weighted by Gasteiger charge is -2.30. The van der Waals surface area contributed by atoms with Crippen LogP contribution >= 0.6 is 11.6 Å². The van der Waals surface area contributed by atoms with Gasteiger partial charge in [0, 0.05) is 30.3 Å². The van der Waals surface area contributed by atoms with Crippen molar-refractivity contribution in [3.8, 4) is 5.75 Å². The Hall–Kier alpha value is -2.09. The molecule has 0 aromatic heterocycles. The van der Waals surface area contributed by atoms with E-state index in [0.717, 1.165) is 30.5 Å². The highest BCUT2D eigenvalue weighted by atomic mass is 35.5. The van der Waals surface area contributed by atoms with Crippen molar-refractivity contribution in [3.63, 3.8) is 0 Å². The molecule has 0 atom stereocenters. The lowest BCUT2D eigenvalue weighted by Crippen LogP contribution is -2.48. The number of hydrogen-bond donors (Lipinski definition) is 0. The van der Waals surface area contributed by atoms with Crippen LogP contribution in [0.15, 0.2) is 47.4 Å². The van der Waals surface area contributed by atoms with Gasteiger partial charge in [-0.2, -0.15) is 4.31 Å². The Kier molecular flexibility index (Phi) is 6.03. The van der Waals surface area contributed by atoms with Crippen LogP contribution in [0.5, 0.6) is 5.75 Å². The van der Waals surface area contributed by atoms with Crippen molar-refractivity contribution < 1.29 is 17.9 Å². The number of rotatable bonds is 5. The molecule has 166 valence electrons. The maximum absolute atomic E-state index is 13.3. The number of benzene rings is 2. The zero-order valence-corrected chi connectivity index (χ0v) is 19.4. The van der Waals surface area contributed by atoms with Gasteiger partial charge in [-0.25, -0.2) is 8.42 Å². The average molecular weight is 463 g/mol. The summed E-state index contributed by atoms with van der Waals surface area (Å²) in [6.07, 6.45) is 3.48. The number of halogens is 1. The van der Waals surface area contributed by atoms with E-state index >= 15 is 0 Å². The number of carbonyl (C=O) groups excluding carboxylic acids is 1. The predicted octanol–water partition coefficient (Wildman–Crippen LogP) is 4.26. The number of amides is 1. The van der Waals surface area contributed by atoms with Gasteiger partial charge in [0.15, 0.2) is 5.60 Å². The van der Waals surface area contributed by atoms with Crippen LogP contribution in [0.1, 0.15) is 38.7 Å². The third-order valence-electron chi connectivity index (χ3n) is 5.85. The minimum atomic E-state index is -3.50. The summed E-state index contributed by atoms with van der Waals surface area (Å²) in [6, 6.07) is 12.0. The van der Waals surface area contributed by atoms with Gasteiger partial charge in [0.05, 0.1) is 4.90 Å². The fraction of sp³-hybridized carbons (Fsp3) is 0.435. The molecule has 31 heavy (non-hydrogen) atoms. The molecule has 4 rings (SSSR count). The van der Waals surface area contributed by atoms with E-state index in [-0.39, 0.29) is 5.91 Å². The Morgan fingerprint density at radius 3 is 2.35 bits per heavy atom. The van der Waals surface area contributed by atoms with Gasteiger partial charge in [-0.05, 0) is 81.1 Å². The molecular weight excluding hydrogens is 436 g/mol. The van der Waals surface area contributed by atoms with Gasteiger partial charge in [-0.3, -0.25) is 4.79 Å². The third kappa shape index (κ3) is 4.45. The Morgan fingerprint density at radius 2 is 1.68 bits per heavy atom. The van der Waals surface area contributed by atoms with E-state index in [0.29, 0.717) is 41.7 Å². The van der Waals surface area contributed by atoms with Gasteiger partial charge in [0.25, 0.3) is 5.91 Å². The van der Waals surface area contributed by atoms with Crippen molar-refractivity contribution in [3.05, 3.63) is 53.1 Å². The summed E-state index contributed by atoms with van der Waals surface area (Å²) < 4.78 is 33.5. The number of anilines is 1. The zero-order chi connectivity index (χ0) is 22.2. The first-order valence-corrected chi connectivity index (χ1v) is 12.4. The van der Waals surface area contributed by atoms with Crippen molar-refractivity contribution in [1.29, 1.82) is 0 Å². The first kappa shape index (κ1) is 22.1. The quantitative estimate of drug-likeness (QED) is 0.665. The Bertz CT molecular complexity index is 1080. The summed E-state index contributed by atoms with van der Waals surface area (Å²) in [5.74, 6) is 0.387. The number of carbonyl (C=O) groups is 1. The standard InChI is InChI=1S/C23H27ClN2O4S/c1-23(2,30-19-8-6-18(24)7-9-19)22(27)26-15-12-17-16-20(10-11-21(17)26)31(28,29)25-13-4-3-5-14-25/h6-11,16H,3-5,12-15H2,1-2H3. The molecule has 2 aliphatic rings. The number of piperidine rings is 1. The van der Waals surface area contributed by atoms with E-state index < -0.39 is 15.6 Å². The largest absolute Gasteiger partial charge is 0.478 e. The van der Waals surface area contributed by atoms with E-state index in [1.807, 2.05) is 0 Å². The average Bonchev–Trinajstić information content (AvgIpc) is 3.18. The van der Waals surface area contributed by atoms with Crippen LogP contribution in [0, 0.1) is 0 Å². The van der Waals surface area contributed by atoms with Crippen LogP contribution in [0.25, 0.3) is 0 Å². The minimum Gasteiger partial charge on any atom is -0.478 e. The summed E-state index contributed by atoms with van der Waals surface area (Å²) in [5.41, 5.74) is 0.526. The van der Waals surface area contributed by atoms with Crippen LogP contribution < -0.4 is 9.64 Å². The maximum Gasteiger partial charge on any atom is 0.270 e. The summed E-state index contributed by atoms with van der Waals surface area (Å²) in [5, 5.41) is 0.597. The lowest BCUT2D eigenvalue weighted by atomic mass is 10.1. The second-order valence-corrected chi connectivity index (χ2v) is 10.9. The minimum absolute atomic E-state index is 0.173. The molecule has 1 saturated heterocycles. The third-order valence-corrected chi connectivity index (χ3v) is 7.99. The van der Waals surface area contributed by atoms with Gasteiger partial charge in [-0.15, -0.1) is 0 Å². The number of nitrogens with zero attached hydrogens (tertiary/aromatic N) is 2. The molecule has 0 aliphatic carbocycles. The molecule has 0 saturated carbocycles. The van der Waals surface area contributed by atoms with Gasteiger partial charge in [0.2, 0.25) is 10.0 Å². The highest BCUT2D eigenvalue weighted by Gasteiger charge is 2.38. The van der Waals surface area contributed by atoms with Crippen molar-refractivity contribution in [2.75, 3.05) is 24.5 Å². The molecule has 8 heteroatoms. The van der Waals surface area contributed by atoms with Crippen molar-refractivity contribution in [1.82, 2.24) is 4.31 Å². The molecule has 1 amide bonds. The van der Waals surface area contributed by atoms with Gasteiger partial charge in [0.1, 0.15) is 5.75 Å². The molecule has 2 heterocycles. The molecule has 2 aliphatic heterocycles. The summed E-state index contributed by atoms with van der Waals surface area (Å²) in [6.45, 7) is 5.10. The summed E-state index contributed by atoms with van der Waals surface area (Å²) >= 11 is 5.92. The number of hydrogen-bond acceptors (Lipinski definition) is 4. The Morgan fingerprint density at radius 1 is 1.00 bits per heavy atom. The first-order valence-electron chi connectivity index (χ1n) is 10.6. The van der Waals surface area contributed by atoms with Crippen LogP contribution in [0.3, 0.4) is 0 Å². The number of ether oxygens (including phenoxy) is 1. The second-order valence-electron chi connectivity index (χ2n) is 8.53. The van der Waals surface area contributed by atoms with E-state index in [1.165, 1.54) is 0 Å². The SMILES string of the molecule is CC(C)(Oc1ccc(Cl)cc1)C(=O)N1CCc2cc(S(=O)(=O)N3CCCCC3)ccc21. The second kappa shape index (κ2) is 8.45. The number of sulfonamides is 1. The van der Waals surface area contributed by atoms with Gasteiger partial charge in [-0.1, -0.05) is 18.0 Å². The molecule has 6 nitrogen and oxygen atoms in total. The van der Waals surface area contributed by atoms with Gasteiger partial charge >= 0.3 is 0 Å². The van der Waals surface area contributed by atoms with Crippen LogP contribution in [-0.4, -0.2) is 43.9 Å². The lowest BCUT2D eigenvalue weighted by molar-refractivity contribution is -0.131. The zero-order valence-electron chi connectivity index (χ0n) is 17.8. The van der Waals surface area contributed by atoms with Crippen molar-refractivity contribution >= 4 is 33.2 Å². The normalized spacial score (nSPS) is 17.5. The number of fused-ring (bicyclic) bond motifs is 1. The molecule has 0 N–H and O–H groups in total. The predicted molar refractivity (Wildman–Crippen MR) is 121 cm³/mol. The molecule has 0 radical (unpaired) electrons. The van der Waals surface area contributed by atoms with Crippen molar-refractivity contribution in [2.24, 2.45) is 0 Å². The highest BCUT2D eigenvalue weighted by Crippen LogP contribution is 2.34. The molecule has 2 aromatic rings. The Labute approximate surface area is 188 Å². The summed E-state index contributed by atoms with van der Waals surface area (Å²) in [4.78, 5) is 15.3. The van der Waals surface area contributed by atoms with Crippen LogP contribution in [-0.2, 0) is 21.2 Å². The fourth-order valence-electron chi connectivity index (χ4n) is 4.17. The Balaban J connectivity index is 1.54. The van der Waals surface area contributed by atoms with Crippen molar-refractivity contribution in [2.45, 2.75) is 50.0 Å². The van der Waals surface area contributed by atoms with Gasteiger partial charge < -0.3 is 9.64 Å². The van der Waals surface area contributed by atoms with E-state index in [4.69, 9.17) is 16.3 Å². The molecule has 1 fully saturated rings. The molecule has 2 aromatic carbocycles. The topological polar surface area (TPSA) is 66.9 Å².